The van der Waals surface area contributed by atoms with E-state index in [0.29, 0.717) is 35.7 Å². The van der Waals surface area contributed by atoms with Crippen molar-refractivity contribution in [3.05, 3.63) is 59.7 Å². The summed E-state index contributed by atoms with van der Waals surface area (Å²) in [4.78, 5) is 24.5. The maximum Gasteiger partial charge on any atom is 0.255 e. The van der Waals surface area contributed by atoms with Crippen LogP contribution < -0.4 is 15.4 Å². The van der Waals surface area contributed by atoms with Gasteiger partial charge >= 0.3 is 0 Å². The molecule has 0 aliphatic carbocycles. The summed E-state index contributed by atoms with van der Waals surface area (Å²) in [7, 11) is 0. The van der Waals surface area contributed by atoms with Gasteiger partial charge in [-0.1, -0.05) is 25.5 Å². The largest absolute Gasteiger partial charge is 0.494 e. The van der Waals surface area contributed by atoms with Crippen molar-refractivity contribution in [2.75, 3.05) is 18.5 Å². The molecule has 0 bridgehead atoms. The lowest BCUT2D eigenvalue weighted by atomic mass is 10.1. The molecule has 5 nitrogen and oxygen atoms in total. The van der Waals surface area contributed by atoms with Crippen molar-refractivity contribution >= 4 is 17.5 Å². The fourth-order valence-corrected chi connectivity index (χ4v) is 2.32. The quantitative estimate of drug-likeness (QED) is 0.717. The summed E-state index contributed by atoms with van der Waals surface area (Å²) in [5.41, 5.74) is 1.61. The number of hydrogen-bond donors (Lipinski definition) is 2. The van der Waals surface area contributed by atoms with Crippen LogP contribution in [0.4, 0.5) is 5.69 Å². The van der Waals surface area contributed by atoms with Gasteiger partial charge in [0.25, 0.3) is 11.8 Å². The number of carbonyl (C=O) groups is 2. The highest BCUT2D eigenvalue weighted by Gasteiger charge is 2.10. The first-order valence-electron chi connectivity index (χ1n) is 8.56. The molecule has 0 aromatic heterocycles. The molecule has 0 fully saturated rings. The van der Waals surface area contributed by atoms with Gasteiger partial charge in [0, 0.05) is 23.4 Å². The number of ether oxygens (including phenoxy) is 1. The Labute approximate surface area is 148 Å². The van der Waals surface area contributed by atoms with E-state index in [9.17, 15) is 9.59 Å². The summed E-state index contributed by atoms with van der Waals surface area (Å²) in [6.07, 6.45) is 1.97. The maximum atomic E-state index is 12.4. The van der Waals surface area contributed by atoms with Gasteiger partial charge < -0.3 is 15.4 Å². The van der Waals surface area contributed by atoms with Crippen molar-refractivity contribution in [3.63, 3.8) is 0 Å². The maximum absolute atomic E-state index is 12.4. The van der Waals surface area contributed by atoms with E-state index in [1.807, 2.05) is 13.0 Å². The lowest BCUT2D eigenvalue weighted by Gasteiger charge is -2.09. The molecule has 25 heavy (non-hydrogen) atoms. The molecule has 0 unspecified atom stereocenters. The van der Waals surface area contributed by atoms with Gasteiger partial charge in [-0.3, -0.25) is 9.59 Å². The molecule has 0 saturated carbocycles. The highest BCUT2D eigenvalue weighted by molar-refractivity contribution is 6.05. The van der Waals surface area contributed by atoms with Gasteiger partial charge in [-0.05, 0) is 49.7 Å². The molecule has 0 spiro atoms. The van der Waals surface area contributed by atoms with Gasteiger partial charge in [-0.25, -0.2) is 0 Å². The van der Waals surface area contributed by atoms with Crippen LogP contribution in [0.3, 0.4) is 0 Å². The Balaban J connectivity index is 2.04. The average Bonchev–Trinajstić information content (AvgIpc) is 2.62. The van der Waals surface area contributed by atoms with E-state index in [2.05, 4.69) is 17.6 Å². The minimum Gasteiger partial charge on any atom is -0.494 e. The van der Waals surface area contributed by atoms with Crippen LogP contribution in [-0.2, 0) is 0 Å². The van der Waals surface area contributed by atoms with E-state index < -0.39 is 0 Å². The molecule has 2 amide bonds. The molecule has 132 valence electrons. The highest BCUT2D eigenvalue weighted by atomic mass is 16.5. The number of rotatable bonds is 8. The van der Waals surface area contributed by atoms with Gasteiger partial charge in [-0.2, -0.15) is 0 Å². The third-order valence-corrected chi connectivity index (χ3v) is 3.61. The number of amides is 2. The molecule has 0 atom stereocenters. The second-order valence-corrected chi connectivity index (χ2v) is 5.61. The molecule has 2 N–H and O–H groups in total. The number of carbonyl (C=O) groups excluding carboxylic acids is 2. The first-order chi connectivity index (χ1) is 12.1. The first-order valence-corrected chi connectivity index (χ1v) is 8.56. The van der Waals surface area contributed by atoms with Crippen LogP contribution in [-0.4, -0.2) is 25.0 Å². The summed E-state index contributed by atoms with van der Waals surface area (Å²) in [6.45, 7) is 5.16. The van der Waals surface area contributed by atoms with Crippen molar-refractivity contribution in [2.45, 2.75) is 26.7 Å². The first kappa shape index (κ1) is 18.5. The third-order valence-electron chi connectivity index (χ3n) is 3.61. The van der Waals surface area contributed by atoms with Crippen molar-refractivity contribution in [2.24, 2.45) is 0 Å². The summed E-state index contributed by atoms with van der Waals surface area (Å²) < 4.78 is 5.41. The molecule has 2 rings (SSSR count). The predicted molar refractivity (Wildman–Crippen MR) is 99.2 cm³/mol. The van der Waals surface area contributed by atoms with Crippen molar-refractivity contribution in [1.82, 2.24) is 5.32 Å². The van der Waals surface area contributed by atoms with Crippen LogP contribution in [0.15, 0.2) is 48.5 Å². The third kappa shape index (κ3) is 5.64. The Morgan fingerprint density at radius 1 is 0.960 bits per heavy atom. The van der Waals surface area contributed by atoms with E-state index in [1.165, 1.54) is 0 Å². The Morgan fingerprint density at radius 2 is 1.68 bits per heavy atom. The Kier molecular flexibility index (Phi) is 7.01. The Morgan fingerprint density at radius 3 is 2.40 bits per heavy atom. The molecule has 0 saturated heterocycles. The number of anilines is 1. The van der Waals surface area contributed by atoms with Crippen molar-refractivity contribution in [1.29, 1.82) is 0 Å². The number of unbranched alkanes of at least 4 members (excludes halogenated alkanes) is 1. The number of benzene rings is 2. The Hall–Kier alpha value is -2.82. The second-order valence-electron chi connectivity index (χ2n) is 5.61. The Bertz CT molecular complexity index is 728. The van der Waals surface area contributed by atoms with Gasteiger partial charge in [0.1, 0.15) is 5.75 Å². The monoisotopic (exact) mass is 340 g/mol. The van der Waals surface area contributed by atoms with E-state index in [4.69, 9.17) is 4.74 Å². The molecule has 2 aromatic carbocycles. The zero-order chi connectivity index (χ0) is 18.1. The van der Waals surface area contributed by atoms with Gasteiger partial charge in [0.05, 0.1) is 6.61 Å². The van der Waals surface area contributed by atoms with E-state index in [0.717, 1.165) is 12.8 Å². The summed E-state index contributed by atoms with van der Waals surface area (Å²) in [6, 6.07) is 13.9. The molecule has 0 aliphatic rings. The van der Waals surface area contributed by atoms with Crippen LogP contribution in [0.2, 0.25) is 0 Å². The molecule has 0 radical (unpaired) electrons. The van der Waals surface area contributed by atoms with Gasteiger partial charge in [0.2, 0.25) is 0 Å². The molecule has 2 aromatic rings. The van der Waals surface area contributed by atoms with Crippen LogP contribution >= 0.6 is 0 Å². The van der Waals surface area contributed by atoms with E-state index >= 15 is 0 Å². The lowest BCUT2D eigenvalue weighted by molar-refractivity contribution is 0.0951. The normalized spacial score (nSPS) is 10.2. The summed E-state index contributed by atoms with van der Waals surface area (Å²) in [5, 5.41) is 5.68. The average molecular weight is 340 g/mol. The fourth-order valence-electron chi connectivity index (χ4n) is 2.32. The standard InChI is InChI=1S/C20H24N2O3/c1-3-5-12-21-19(23)15-8-6-10-17(13-15)22-20(24)16-9-7-11-18(14-16)25-4-2/h6-11,13-14H,3-5,12H2,1-2H3,(H,21,23)(H,22,24). The minimum atomic E-state index is -0.245. The predicted octanol–water partition coefficient (Wildman–Crippen LogP) is 3.87. The van der Waals surface area contributed by atoms with Crippen LogP contribution in [0.1, 0.15) is 47.4 Å². The smallest absolute Gasteiger partial charge is 0.255 e. The highest BCUT2D eigenvalue weighted by Crippen LogP contribution is 2.16. The van der Waals surface area contributed by atoms with Crippen LogP contribution in [0.5, 0.6) is 5.75 Å². The van der Waals surface area contributed by atoms with Crippen molar-refractivity contribution < 1.29 is 14.3 Å². The van der Waals surface area contributed by atoms with Crippen LogP contribution in [0, 0.1) is 0 Å². The minimum absolute atomic E-state index is 0.136. The molecular formula is C20H24N2O3. The zero-order valence-corrected chi connectivity index (χ0v) is 14.7. The fraction of sp³-hybridized carbons (Fsp3) is 0.300. The second kappa shape index (κ2) is 9.47. The number of hydrogen-bond acceptors (Lipinski definition) is 3. The lowest BCUT2D eigenvalue weighted by Crippen LogP contribution is -2.24. The van der Waals surface area contributed by atoms with Gasteiger partial charge in [0.15, 0.2) is 0 Å². The van der Waals surface area contributed by atoms with E-state index in [-0.39, 0.29) is 11.8 Å². The summed E-state index contributed by atoms with van der Waals surface area (Å²) >= 11 is 0. The SMILES string of the molecule is CCCCNC(=O)c1cccc(NC(=O)c2cccc(OCC)c2)c1. The van der Waals surface area contributed by atoms with E-state index in [1.54, 1.807) is 42.5 Å². The molecule has 5 heteroatoms. The molecule has 0 heterocycles. The topological polar surface area (TPSA) is 67.4 Å². The molecular weight excluding hydrogens is 316 g/mol. The zero-order valence-electron chi connectivity index (χ0n) is 14.7. The van der Waals surface area contributed by atoms with Crippen molar-refractivity contribution in [3.8, 4) is 5.75 Å². The van der Waals surface area contributed by atoms with Gasteiger partial charge in [-0.15, -0.1) is 0 Å². The number of nitrogens with one attached hydrogen (secondary N) is 2. The van der Waals surface area contributed by atoms with Crippen LogP contribution in [0.25, 0.3) is 0 Å². The summed E-state index contributed by atoms with van der Waals surface area (Å²) in [5.74, 6) is 0.271. The molecule has 0 aliphatic heterocycles.